The molecular formula is C23H28FN3O. The fourth-order valence-electron chi connectivity index (χ4n) is 4.18. The zero-order valence-electron chi connectivity index (χ0n) is 16.9. The molecule has 4 rings (SSSR count). The molecule has 0 spiro atoms. The maximum Gasteiger partial charge on any atom is 0.153 e. The molecule has 0 radical (unpaired) electrons. The quantitative estimate of drug-likeness (QED) is 0.623. The van der Waals surface area contributed by atoms with Crippen molar-refractivity contribution in [3.05, 3.63) is 59.2 Å². The van der Waals surface area contributed by atoms with E-state index in [-0.39, 0.29) is 11.9 Å². The molecule has 0 bridgehead atoms. The predicted molar refractivity (Wildman–Crippen MR) is 111 cm³/mol. The molecule has 1 fully saturated rings. The van der Waals surface area contributed by atoms with Gasteiger partial charge in [-0.25, -0.2) is 9.37 Å². The molecule has 0 N–H and O–H groups in total. The lowest BCUT2D eigenvalue weighted by atomic mass is 10.1. The highest BCUT2D eigenvalue weighted by Crippen LogP contribution is 2.32. The number of fused-ring (bicyclic) bond motifs is 1. The van der Waals surface area contributed by atoms with Crippen LogP contribution in [0.25, 0.3) is 10.9 Å². The molecule has 28 heavy (non-hydrogen) atoms. The Kier molecular flexibility index (Phi) is 5.36. The van der Waals surface area contributed by atoms with E-state index in [0.29, 0.717) is 6.54 Å². The van der Waals surface area contributed by atoms with Gasteiger partial charge >= 0.3 is 0 Å². The summed E-state index contributed by atoms with van der Waals surface area (Å²) in [6, 6.07) is 8.78. The number of nitrogens with zero attached hydrogens (tertiary/aromatic N) is 3. The number of hydrogen-bond acceptors (Lipinski definition) is 3. The van der Waals surface area contributed by atoms with Gasteiger partial charge < -0.3 is 14.2 Å². The van der Waals surface area contributed by atoms with Crippen LogP contribution in [0.5, 0.6) is 0 Å². The van der Waals surface area contributed by atoms with Crippen molar-refractivity contribution in [2.45, 2.75) is 52.3 Å². The Morgan fingerprint density at radius 1 is 1.18 bits per heavy atom. The van der Waals surface area contributed by atoms with Crippen LogP contribution < -0.4 is 4.90 Å². The summed E-state index contributed by atoms with van der Waals surface area (Å²) in [6.07, 6.45) is 5.65. The molecule has 3 aromatic rings. The second-order valence-electron chi connectivity index (χ2n) is 7.82. The average molecular weight is 381 g/mol. The van der Waals surface area contributed by atoms with Crippen LogP contribution in [0.4, 0.5) is 10.2 Å². The number of ether oxygens (including phenoxy) is 1. The molecule has 1 atom stereocenters. The number of pyridine rings is 1. The lowest BCUT2D eigenvalue weighted by Crippen LogP contribution is -2.25. The van der Waals surface area contributed by atoms with Crippen LogP contribution in [-0.2, 0) is 17.8 Å². The van der Waals surface area contributed by atoms with Gasteiger partial charge in [0.15, 0.2) is 5.82 Å². The largest absolute Gasteiger partial charge is 0.376 e. The molecule has 4 nitrogen and oxygen atoms in total. The van der Waals surface area contributed by atoms with Gasteiger partial charge in [0.25, 0.3) is 0 Å². The fraction of sp³-hybridized carbons (Fsp3) is 0.435. The normalized spacial score (nSPS) is 17.2. The van der Waals surface area contributed by atoms with E-state index < -0.39 is 0 Å². The highest BCUT2D eigenvalue weighted by Gasteiger charge is 2.21. The van der Waals surface area contributed by atoms with E-state index in [4.69, 9.17) is 9.72 Å². The van der Waals surface area contributed by atoms with Gasteiger partial charge in [-0.2, -0.15) is 0 Å². The number of halogens is 1. The molecule has 1 aliphatic heterocycles. The van der Waals surface area contributed by atoms with E-state index in [0.717, 1.165) is 42.9 Å². The molecule has 0 saturated carbocycles. The maximum atomic E-state index is 13.2. The van der Waals surface area contributed by atoms with Crippen molar-refractivity contribution in [2.24, 2.45) is 0 Å². The van der Waals surface area contributed by atoms with Crippen molar-refractivity contribution >= 4 is 16.7 Å². The van der Waals surface area contributed by atoms with Gasteiger partial charge in [-0.15, -0.1) is 0 Å². The molecular weight excluding hydrogens is 353 g/mol. The van der Waals surface area contributed by atoms with Crippen molar-refractivity contribution in [3.8, 4) is 0 Å². The summed E-state index contributed by atoms with van der Waals surface area (Å²) in [5.41, 5.74) is 4.79. The third-order valence-electron chi connectivity index (χ3n) is 5.88. The number of aryl methyl sites for hydroxylation is 1. The van der Waals surface area contributed by atoms with Gasteiger partial charge in [-0.3, -0.25) is 0 Å². The van der Waals surface area contributed by atoms with Crippen molar-refractivity contribution in [3.63, 3.8) is 0 Å². The summed E-state index contributed by atoms with van der Waals surface area (Å²) >= 11 is 0. The summed E-state index contributed by atoms with van der Waals surface area (Å²) in [5.74, 6) is 0.744. The molecule has 2 aromatic heterocycles. The molecule has 3 heterocycles. The van der Waals surface area contributed by atoms with Gasteiger partial charge in [0.1, 0.15) is 5.82 Å². The van der Waals surface area contributed by atoms with E-state index >= 15 is 0 Å². The van der Waals surface area contributed by atoms with Crippen molar-refractivity contribution in [2.75, 3.05) is 18.6 Å². The molecule has 1 aromatic carbocycles. The lowest BCUT2D eigenvalue weighted by molar-refractivity contribution is 0.00641. The molecule has 1 aliphatic rings. The maximum absolute atomic E-state index is 13.2. The first-order chi connectivity index (χ1) is 13.5. The average Bonchev–Trinajstić information content (AvgIpc) is 2.95. The minimum Gasteiger partial charge on any atom is -0.376 e. The monoisotopic (exact) mass is 381 g/mol. The van der Waals surface area contributed by atoms with Crippen LogP contribution >= 0.6 is 0 Å². The van der Waals surface area contributed by atoms with Crippen molar-refractivity contribution in [1.29, 1.82) is 0 Å². The Bertz CT molecular complexity index is 958. The van der Waals surface area contributed by atoms with Gasteiger partial charge in [-0.05, 0) is 62.4 Å². The van der Waals surface area contributed by atoms with Gasteiger partial charge in [-0.1, -0.05) is 12.1 Å². The Labute approximate surface area is 165 Å². The van der Waals surface area contributed by atoms with E-state index in [9.17, 15) is 4.39 Å². The van der Waals surface area contributed by atoms with E-state index in [1.54, 1.807) is 0 Å². The van der Waals surface area contributed by atoms with E-state index in [1.807, 2.05) is 25.4 Å². The van der Waals surface area contributed by atoms with Crippen LogP contribution in [0.1, 0.15) is 36.1 Å². The Morgan fingerprint density at radius 3 is 2.68 bits per heavy atom. The van der Waals surface area contributed by atoms with Crippen molar-refractivity contribution in [1.82, 2.24) is 9.55 Å². The first kappa shape index (κ1) is 18.9. The SMILES string of the molecule is Cc1c(C)n(CC2CCCCO2)c2c(N(C)Cc3ccc(F)cc3)nccc12. The number of anilines is 1. The molecule has 1 unspecified atom stereocenters. The van der Waals surface area contributed by atoms with Gasteiger partial charge in [0, 0.05) is 44.0 Å². The number of hydrogen-bond donors (Lipinski definition) is 0. The molecule has 0 aliphatic carbocycles. The van der Waals surface area contributed by atoms with Crippen molar-refractivity contribution < 1.29 is 9.13 Å². The molecule has 148 valence electrons. The number of benzene rings is 1. The summed E-state index contributed by atoms with van der Waals surface area (Å²) in [5, 5.41) is 1.24. The minimum absolute atomic E-state index is 0.209. The van der Waals surface area contributed by atoms with Gasteiger partial charge in [0.2, 0.25) is 0 Å². The summed E-state index contributed by atoms with van der Waals surface area (Å²) in [4.78, 5) is 6.86. The second kappa shape index (κ2) is 7.92. The number of aromatic nitrogens is 2. The molecule has 0 amide bonds. The smallest absolute Gasteiger partial charge is 0.153 e. The van der Waals surface area contributed by atoms with Gasteiger partial charge in [0.05, 0.1) is 11.6 Å². The Hall–Kier alpha value is -2.40. The van der Waals surface area contributed by atoms with Crippen LogP contribution in [-0.4, -0.2) is 29.3 Å². The second-order valence-corrected chi connectivity index (χ2v) is 7.82. The van der Waals surface area contributed by atoms with Crippen LogP contribution in [0.15, 0.2) is 36.5 Å². The lowest BCUT2D eigenvalue weighted by Gasteiger charge is -2.25. The van der Waals surface area contributed by atoms with Crippen LogP contribution in [0, 0.1) is 19.7 Å². The summed E-state index contributed by atoms with van der Waals surface area (Å²) < 4.78 is 21.6. The Morgan fingerprint density at radius 2 is 1.96 bits per heavy atom. The zero-order valence-corrected chi connectivity index (χ0v) is 16.9. The number of rotatable bonds is 5. The minimum atomic E-state index is -0.209. The predicted octanol–water partition coefficient (Wildman–Crippen LogP) is 5.00. The summed E-state index contributed by atoms with van der Waals surface area (Å²) in [7, 11) is 2.05. The highest BCUT2D eigenvalue weighted by atomic mass is 19.1. The first-order valence-corrected chi connectivity index (χ1v) is 10.1. The molecule has 5 heteroatoms. The summed E-state index contributed by atoms with van der Waals surface area (Å²) in [6.45, 7) is 6.76. The topological polar surface area (TPSA) is 30.3 Å². The third kappa shape index (κ3) is 3.63. The highest BCUT2D eigenvalue weighted by molar-refractivity contribution is 5.93. The van der Waals surface area contributed by atoms with Crippen LogP contribution in [0.2, 0.25) is 0 Å². The van der Waals surface area contributed by atoms with Crippen LogP contribution in [0.3, 0.4) is 0 Å². The van der Waals surface area contributed by atoms with E-state index in [1.165, 1.54) is 35.2 Å². The third-order valence-corrected chi connectivity index (χ3v) is 5.88. The molecule has 1 saturated heterocycles. The fourth-order valence-corrected chi connectivity index (χ4v) is 4.18. The zero-order chi connectivity index (χ0) is 19.7. The first-order valence-electron chi connectivity index (χ1n) is 10.1. The Balaban J connectivity index is 1.71. The van der Waals surface area contributed by atoms with E-state index in [2.05, 4.69) is 29.4 Å². The standard InChI is InChI=1S/C23H28FN3O/c1-16-17(2)27(15-20-6-4-5-13-28-20)22-21(16)11-12-25-23(22)26(3)14-18-7-9-19(24)10-8-18/h7-12,20H,4-6,13-15H2,1-3H3.